The number of hydrogen-bond donors (Lipinski definition) is 10. The molecule has 342 valence electrons. The normalized spacial score (nSPS) is 17.9. The maximum Gasteiger partial charge on any atom is 0.326 e. The largest absolute Gasteiger partial charge is 0.595 e. The van der Waals surface area contributed by atoms with E-state index in [4.69, 9.17) is 0 Å². The molecule has 10 N–H and O–H groups in total. The lowest BCUT2D eigenvalue weighted by atomic mass is 9.93. The summed E-state index contributed by atoms with van der Waals surface area (Å²) in [7, 11) is 2.60. The maximum absolute atomic E-state index is 13.9. The molecule has 3 rings (SSSR count). The van der Waals surface area contributed by atoms with E-state index in [0.717, 1.165) is 47.6 Å². The van der Waals surface area contributed by atoms with Crippen LogP contribution in [-0.2, 0) is 40.0 Å². The second kappa shape index (κ2) is 24.0. The number of fused-ring (bicyclic) bond motifs is 5. The van der Waals surface area contributed by atoms with Gasteiger partial charge in [-0.05, 0) is 49.6 Å². The Bertz CT molecular complexity index is 1930. The minimum Gasteiger partial charge on any atom is -0.595 e. The topological polar surface area (TPSA) is 303 Å². The number of benzene rings is 2. The quantitative estimate of drug-likeness (QED) is 0.0498. The van der Waals surface area contributed by atoms with E-state index in [0.29, 0.717) is 6.42 Å². The first-order valence-electron chi connectivity index (χ1n) is 20.8. The number of amides is 6. The summed E-state index contributed by atoms with van der Waals surface area (Å²) < 4.78 is 0. The predicted molar refractivity (Wildman–Crippen MR) is 223 cm³/mol. The van der Waals surface area contributed by atoms with Crippen molar-refractivity contribution >= 4 is 47.1 Å². The standard InChI is InChI=1S/C42H61N7O13/c1-6-7-8-9-10-11-12-13-14-15-34(52)47(4)32(23-50)40(57)44-24(2)38(55)43-22-35(53)48(5)36-27-16-17-33(51)28(21-27)29-18-26(20-31(37(29)54)49(61)62)19-30(42(59)60)46-39(56)25(3)45-41(36)58/h16-18,20-21,24-25,30,32,36,49-51,54,61H,6-15,19,22-23H2,1-5H3,(H,43,55)(H,44,57)(H,45,58)(H,46,56)(H,59,60)/t24-,25+,30-,32-,36-/m1/s1. The summed E-state index contributed by atoms with van der Waals surface area (Å²) in [6, 6.07) is -1.24. The van der Waals surface area contributed by atoms with Gasteiger partial charge in [-0.3, -0.25) is 28.8 Å². The molecular weight excluding hydrogens is 810 g/mol. The average molecular weight is 872 g/mol. The third-order valence-electron chi connectivity index (χ3n) is 10.9. The number of carboxylic acids is 1. The third kappa shape index (κ3) is 13.8. The van der Waals surface area contributed by atoms with Crippen LogP contribution in [0.1, 0.15) is 102 Å². The van der Waals surface area contributed by atoms with Gasteiger partial charge in [-0.1, -0.05) is 64.4 Å². The SMILES string of the molecule is CCCCCCCCCCCC(=O)N(C)[C@H](CO)C(=O)N[C@H](C)C(=O)NCC(=O)N(C)[C@H]1C(=O)N[C@@H](C)C(=O)N[C@@H](C(=O)O)Cc2cc(c(O)c([NH+]([O-])O)c2)-c2cc1ccc2O. The Morgan fingerprint density at radius 3 is 2.11 bits per heavy atom. The third-order valence-corrected chi connectivity index (χ3v) is 10.9. The fraction of sp³-hybridized carbons (Fsp3) is 0.548. The number of aromatic hydroxyl groups is 2. The highest BCUT2D eigenvalue weighted by Gasteiger charge is 2.34. The van der Waals surface area contributed by atoms with E-state index < -0.39 is 108 Å². The molecule has 20 nitrogen and oxygen atoms in total. The predicted octanol–water partition coefficient (Wildman–Crippen LogP) is 0.659. The number of aliphatic carboxylic acids is 1. The van der Waals surface area contributed by atoms with Gasteiger partial charge in [0, 0.05) is 44.1 Å². The number of aliphatic hydroxyl groups is 1. The zero-order valence-corrected chi connectivity index (χ0v) is 35.9. The molecule has 4 bridgehead atoms. The molecule has 0 saturated heterocycles. The fourth-order valence-electron chi connectivity index (χ4n) is 7.04. The van der Waals surface area contributed by atoms with Crippen LogP contribution in [0.4, 0.5) is 5.69 Å². The Morgan fingerprint density at radius 2 is 1.52 bits per heavy atom. The number of phenolic OH excluding ortho intramolecular Hbond substituents is 2. The molecule has 6 atom stereocenters. The number of unbranched alkanes of at least 4 members (excludes halogenated alkanes) is 8. The highest BCUT2D eigenvalue weighted by molar-refractivity contribution is 5.96. The molecule has 0 spiro atoms. The number of rotatable bonds is 20. The van der Waals surface area contributed by atoms with Crippen LogP contribution in [0.25, 0.3) is 11.1 Å². The number of quaternary nitrogens is 1. The minimum atomic E-state index is -1.62. The molecule has 6 amide bonds. The van der Waals surface area contributed by atoms with Crippen molar-refractivity contribution in [3.8, 4) is 22.6 Å². The molecule has 1 aliphatic heterocycles. The number of likely N-dealkylation sites (N-methyl/N-ethyl adjacent to an activating group) is 2. The summed E-state index contributed by atoms with van der Waals surface area (Å²) in [5.74, 6) is -7.48. The van der Waals surface area contributed by atoms with E-state index in [2.05, 4.69) is 28.2 Å². The minimum absolute atomic E-state index is 0.0133. The fourth-order valence-corrected chi connectivity index (χ4v) is 7.04. The molecule has 0 fully saturated rings. The molecular formula is C42H61N7O13. The number of carboxylic acid groups (broad SMARTS) is 1. The number of nitrogens with one attached hydrogen (secondary N) is 5. The van der Waals surface area contributed by atoms with Crippen molar-refractivity contribution in [1.29, 1.82) is 0 Å². The second-order valence-corrected chi connectivity index (χ2v) is 15.6. The van der Waals surface area contributed by atoms with Gasteiger partial charge in [0.2, 0.25) is 41.1 Å². The van der Waals surface area contributed by atoms with Crippen molar-refractivity contribution < 1.29 is 64.4 Å². The van der Waals surface area contributed by atoms with Crippen LogP contribution in [0.2, 0.25) is 0 Å². The van der Waals surface area contributed by atoms with Crippen LogP contribution in [-0.4, -0.2) is 128 Å². The van der Waals surface area contributed by atoms with Gasteiger partial charge >= 0.3 is 5.97 Å². The zero-order chi connectivity index (χ0) is 46.3. The molecule has 1 unspecified atom stereocenters. The lowest BCUT2D eigenvalue weighted by Gasteiger charge is -2.30. The van der Waals surface area contributed by atoms with E-state index in [1.54, 1.807) is 0 Å². The van der Waals surface area contributed by atoms with Gasteiger partial charge in [-0.25, -0.2) is 10.0 Å². The van der Waals surface area contributed by atoms with E-state index in [9.17, 15) is 64.4 Å². The van der Waals surface area contributed by atoms with Gasteiger partial charge in [-0.15, -0.1) is 0 Å². The van der Waals surface area contributed by atoms with Crippen LogP contribution >= 0.6 is 0 Å². The van der Waals surface area contributed by atoms with Crippen molar-refractivity contribution in [1.82, 2.24) is 31.1 Å². The molecule has 2 aromatic rings. The molecule has 20 heteroatoms. The first kappa shape index (κ1) is 50.5. The number of hydrogen-bond acceptors (Lipinski definition) is 12. The smallest absolute Gasteiger partial charge is 0.326 e. The zero-order valence-electron chi connectivity index (χ0n) is 35.9. The first-order valence-corrected chi connectivity index (χ1v) is 20.8. The summed E-state index contributed by atoms with van der Waals surface area (Å²) in [5.41, 5.74) is -1.01. The Hall–Kier alpha value is -5.83. The molecule has 2 aromatic carbocycles. The van der Waals surface area contributed by atoms with Gasteiger partial charge in [-0.2, -0.15) is 5.23 Å². The van der Waals surface area contributed by atoms with E-state index in [1.807, 2.05) is 0 Å². The van der Waals surface area contributed by atoms with Crippen molar-refractivity contribution in [3.05, 3.63) is 46.7 Å². The van der Waals surface area contributed by atoms with Crippen LogP contribution in [0.5, 0.6) is 11.5 Å². The monoisotopic (exact) mass is 871 g/mol. The highest BCUT2D eigenvalue weighted by atomic mass is 16.8. The molecule has 0 aliphatic carbocycles. The Morgan fingerprint density at radius 1 is 0.887 bits per heavy atom. The molecule has 1 aliphatic rings. The number of aliphatic hydroxyl groups excluding tert-OH is 1. The van der Waals surface area contributed by atoms with Gasteiger partial charge in [0.25, 0.3) is 0 Å². The Kier molecular flexibility index (Phi) is 19.5. The van der Waals surface area contributed by atoms with Crippen molar-refractivity contribution in [2.24, 2.45) is 0 Å². The lowest BCUT2D eigenvalue weighted by Crippen LogP contribution is -2.99. The molecule has 62 heavy (non-hydrogen) atoms. The van der Waals surface area contributed by atoms with Gasteiger partial charge in [0.1, 0.15) is 36.0 Å². The number of phenols is 2. The second-order valence-electron chi connectivity index (χ2n) is 15.6. The molecule has 1 heterocycles. The summed E-state index contributed by atoms with van der Waals surface area (Å²) in [4.78, 5) is 93.9. The molecule has 0 radical (unpaired) electrons. The summed E-state index contributed by atoms with van der Waals surface area (Å²) in [6.45, 7) is 3.33. The maximum atomic E-state index is 13.9. The van der Waals surface area contributed by atoms with Gasteiger partial charge in [0.15, 0.2) is 5.75 Å². The number of carbonyl (C=O) groups excluding carboxylic acids is 6. The average Bonchev–Trinajstić information content (AvgIpc) is 3.22. The van der Waals surface area contributed by atoms with Crippen LogP contribution in [0, 0.1) is 5.21 Å². The van der Waals surface area contributed by atoms with Gasteiger partial charge < -0.3 is 56.7 Å². The Balaban J connectivity index is 1.77. The van der Waals surface area contributed by atoms with Crippen molar-refractivity contribution in [2.45, 2.75) is 122 Å². The Labute approximate surface area is 360 Å². The first-order chi connectivity index (χ1) is 29.3. The summed E-state index contributed by atoms with van der Waals surface area (Å²) in [5, 5.41) is 71.7. The van der Waals surface area contributed by atoms with Crippen LogP contribution in [0.3, 0.4) is 0 Å². The summed E-state index contributed by atoms with van der Waals surface area (Å²) in [6.07, 6.45) is 9.28. The lowest BCUT2D eigenvalue weighted by molar-refractivity contribution is -0.991. The number of nitrogens with zero attached hydrogens (tertiary/aromatic N) is 2. The van der Waals surface area contributed by atoms with Crippen LogP contribution < -0.4 is 26.5 Å². The molecule has 0 saturated carbocycles. The number of carbonyl (C=O) groups is 7. The van der Waals surface area contributed by atoms with Crippen molar-refractivity contribution in [3.63, 3.8) is 0 Å². The van der Waals surface area contributed by atoms with Crippen LogP contribution in [0.15, 0.2) is 30.3 Å². The van der Waals surface area contributed by atoms with E-state index >= 15 is 0 Å². The van der Waals surface area contributed by atoms with Crippen molar-refractivity contribution in [2.75, 3.05) is 27.2 Å². The van der Waals surface area contributed by atoms with E-state index in [-0.39, 0.29) is 34.6 Å². The molecule has 0 aromatic heterocycles. The summed E-state index contributed by atoms with van der Waals surface area (Å²) >= 11 is 0. The van der Waals surface area contributed by atoms with Gasteiger partial charge in [0.05, 0.1) is 13.2 Å². The highest BCUT2D eigenvalue weighted by Crippen LogP contribution is 2.41. The van der Waals surface area contributed by atoms with E-state index in [1.165, 1.54) is 71.8 Å².